The molecule has 17 heavy (non-hydrogen) atoms. The molecule has 0 saturated carbocycles. The maximum Gasteiger partial charge on any atom is 0.311 e. The standard InChI is InChI=1S/C14H20NOSi/c1-14(2,3)12-7-6-11-8-9-15(13(11)10-12)16-17(4)5/h6-10H,1-5H3. The Morgan fingerprint density at radius 1 is 1.12 bits per heavy atom. The van der Waals surface area contributed by atoms with Gasteiger partial charge in [0.05, 0.1) is 5.52 Å². The molecule has 3 heteroatoms. The van der Waals surface area contributed by atoms with Crippen molar-refractivity contribution in [3.05, 3.63) is 36.0 Å². The Balaban J connectivity index is 2.50. The summed E-state index contributed by atoms with van der Waals surface area (Å²) in [5, 5.41) is 1.24. The van der Waals surface area contributed by atoms with Crippen molar-refractivity contribution in [3.63, 3.8) is 0 Å². The zero-order valence-electron chi connectivity index (χ0n) is 11.2. The van der Waals surface area contributed by atoms with Crippen LogP contribution in [0.2, 0.25) is 13.1 Å². The van der Waals surface area contributed by atoms with Crippen LogP contribution in [0.1, 0.15) is 26.3 Å². The summed E-state index contributed by atoms with van der Waals surface area (Å²) in [7, 11) is -0.732. The zero-order chi connectivity index (χ0) is 12.6. The van der Waals surface area contributed by atoms with E-state index in [9.17, 15) is 0 Å². The van der Waals surface area contributed by atoms with Gasteiger partial charge in [-0.25, -0.2) is 4.73 Å². The third kappa shape index (κ3) is 2.55. The summed E-state index contributed by atoms with van der Waals surface area (Å²) in [5.41, 5.74) is 2.69. The van der Waals surface area contributed by atoms with E-state index in [0.717, 1.165) is 0 Å². The number of nitrogens with zero attached hydrogens (tertiary/aromatic N) is 1. The Morgan fingerprint density at radius 3 is 2.41 bits per heavy atom. The monoisotopic (exact) mass is 246 g/mol. The zero-order valence-corrected chi connectivity index (χ0v) is 12.2. The van der Waals surface area contributed by atoms with Crippen molar-refractivity contribution in [1.82, 2.24) is 4.73 Å². The van der Waals surface area contributed by atoms with Gasteiger partial charge in [0.15, 0.2) is 0 Å². The van der Waals surface area contributed by atoms with Crippen LogP contribution in [0.3, 0.4) is 0 Å². The molecule has 2 aromatic rings. The number of hydrogen-bond acceptors (Lipinski definition) is 1. The summed E-state index contributed by atoms with van der Waals surface area (Å²) in [6.45, 7) is 11.0. The molecule has 0 N–H and O–H groups in total. The van der Waals surface area contributed by atoms with Gasteiger partial charge in [-0.05, 0) is 36.2 Å². The molecule has 0 aliphatic carbocycles. The van der Waals surface area contributed by atoms with Gasteiger partial charge in [0, 0.05) is 11.6 Å². The van der Waals surface area contributed by atoms with Crippen molar-refractivity contribution in [2.75, 3.05) is 0 Å². The van der Waals surface area contributed by atoms with Crippen molar-refractivity contribution in [3.8, 4) is 0 Å². The summed E-state index contributed by atoms with van der Waals surface area (Å²) in [5.74, 6) is 0. The first kappa shape index (κ1) is 12.2. The normalized spacial score (nSPS) is 12.4. The first-order valence-corrected chi connectivity index (χ1v) is 8.39. The number of hydrogen-bond donors (Lipinski definition) is 0. The molecule has 2 nitrogen and oxygen atoms in total. The lowest BCUT2D eigenvalue weighted by Gasteiger charge is -2.19. The molecule has 0 bridgehead atoms. The van der Waals surface area contributed by atoms with E-state index in [1.54, 1.807) is 0 Å². The summed E-state index contributed by atoms with van der Waals surface area (Å²) in [6.07, 6.45) is 2.01. The molecular weight excluding hydrogens is 226 g/mol. The molecular formula is C14H20NOSi. The Hall–Kier alpha value is -1.22. The second kappa shape index (κ2) is 4.22. The second-order valence-corrected chi connectivity index (χ2v) is 7.66. The van der Waals surface area contributed by atoms with Crippen molar-refractivity contribution < 1.29 is 4.53 Å². The molecule has 0 unspecified atom stereocenters. The first-order chi connectivity index (χ1) is 7.88. The average Bonchev–Trinajstić information content (AvgIpc) is 2.59. The molecule has 0 saturated heterocycles. The smallest absolute Gasteiger partial charge is 0.311 e. The SMILES string of the molecule is C[Si](C)On1ccc2ccc(C(C)(C)C)cc21. The third-order valence-electron chi connectivity index (χ3n) is 2.80. The van der Waals surface area contributed by atoms with Crippen LogP contribution in [0.4, 0.5) is 0 Å². The maximum atomic E-state index is 5.85. The van der Waals surface area contributed by atoms with Crippen LogP contribution in [0.5, 0.6) is 0 Å². The largest absolute Gasteiger partial charge is 0.469 e. The fraction of sp³-hybridized carbons (Fsp3) is 0.429. The average molecular weight is 246 g/mol. The van der Waals surface area contributed by atoms with Gasteiger partial charge in [0.25, 0.3) is 0 Å². The van der Waals surface area contributed by atoms with Crippen molar-refractivity contribution in [1.29, 1.82) is 0 Å². The number of aromatic nitrogens is 1. The lowest BCUT2D eigenvalue weighted by atomic mass is 9.87. The summed E-state index contributed by atoms with van der Waals surface area (Å²) in [4.78, 5) is 0. The minimum Gasteiger partial charge on any atom is -0.469 e. The summed E-state index contributed by atoms with van der Waals surface area (Å²) in [6, 6.07) is 8.72. The van der Waals surface area contributed by atoms with E-state index in [0.29, 0.717) is 0 Å². The van der Waals surface area contributed by atoms with Crippen LogP contribution >= 0.6 is 0 Å². The molecule has 0 spiro atoms. The predicted molar refractivity (Wildman–Crippen MR) is 74.7 cm³/mol. The lowest BCUT2D eigenvalue weighted by molar-refractivity contribution is 0.296. The first-order valence-electron chi connectivity index (χ1n) is 5.98. The number of fused-ring (bicyclic) bond motifs is 1. The fourth-order valence-corrected chi connectivity index (χ4v) is 2.40. The third-order valence-corrected chi connectivity index (χ3v) is 3.37. The quantitative estimate of drug-likeness (QED) is 0.738. The van der Waals surface area contributed by atoms with Gasteiger partial charge in [-0.1, -0.05) is 32.9 Å². The van der Waals surface area contributed by atoms with Crippen LogP contribution < -0.4 is 4.53 Å². The maximum absolute atomic E-state index is 5.85. The number of benzene rings is 1. The van der Waals surface area contributed by atoms with Crippen LogP contribution in [0.15, 0.2) is 30.5 Å². The van der Waals surface area contributed by atoms with Crippen LogP contribution in [0.25, 0.3) is 10.9 Å². The summed E-state index contributed by atoms with van der Waals surface area (Å²) < 4.78 is 7.77. The Morgan fingerprint density at radius 2 is 1.82 bits per heavy atom. The van der Waals surface area contributed by atoms with Crippen LogP contribution in [0, 0.1) is 0 Å². The topological polar surface area (TPSA) is 14.2 Å². The molecule has 0 aliphatic rings. The van der Waals surface area contributed by atoms with Gasteiger partial charge in [-0.3, -0.25) is 0 Å². The van der Waals surface area contributed by atoms with Crippen molar-refractivity contribution >= 4 is 19.9 Å². The molecule has 1 radical (unpaired) electrons. The highest BCUT2D eigenvalue weighted by molar-refractivity contribution is 6.48. The highest BCUT2D eigenvalue weighted by Gasteiger charge is 2.15. The van der Waals surface area contributed by atoms with E-state index in [2.05, 4.69) is 58.1 Å². The highest BCUT2D eigenvalue weighted by Crippen LogP contribution is 2.26. The minimum atomic E-state index is -0.732. The lowest BCUT2D eigenvalue weighted by Crippen LogP contribution is -2.22. The van der Waals surface area contributed by atoms with E-state index in [1.807, 2.05) is 10.9 Å². The molecule has 0 atom stereocenters. The predicted octanol–water partition coefficient (Wildman–Crippen LogP) is 3.62. The van der Waals surface area contributed by atoms with Crippen molar-refractivity contribution in [2.24, 2.45) is 0 Å². The molecule has 1 aromatic heterocycles. The summed E-state index contributed by atoms with van der Waals surface area (Å²) >= 11 is 0. The van der Waals surface area contributed by atoms with E-state index in [1.165, 1.54) is 16.5 Å². The second-order valence-electron chi connectivity index (χ2n) is 5.66. The molecule has 0 amide bonds. The Kier molecular flexibility index (Phi) is 3.04. The van der Waals surface area contributed by atoms with E-state index in [4.69, 9.17) is 4.53 Å². The van der Waals surface area contributed by atoms with Gasteiger partial charge >= 0.3 is 9.04 Å². The van der Waals surface area contributed by atoms with Crippen LogP contribution in [-0.2, 0) is 5.41 Å². The Labute approximate surface area is 105 Å². The molecule has 0 fully saturated rings. The molecule has 2 rings (SSSR count). The fourth-order valence-electron chi connectivity index (χ4n) is 1.85. The number of rotatable bonds is 2. The molecule has 1 aromatic carbocycles. The van der Waals surface area contributed by atoms with E-state index >= 15 is 0 Å². The molecule has 1 heterocycles. The van der Waals surface area contributed by atoms with E-state index in [-0.39, 0.29) is 5.41 Å². The van der Waals surface area contributed by atoms with E-state index < -0.39 is 9.04 Å². The molecule has 0 aliphatic heterocycles. The molecule has 91 valence electrons. The van der Waals surface area contributed by atoms with Crippen LogP contribution in [-0.4, -0.2) is 13.8 Å². The minimum absolute atomic E-state index is 0.176. The van der Waals surface area contributed by atoms with Gasteiger partial charge in [-0.15, -0.1) is 0 Å². The van der Waals surface area contributed by atoms with Gasteiger partial charge in [-0.2, -0.15) is 0 Å². The van der Waals surface area contributed by atoms with Crippen molar-refractivity contribution in [2.45, 2.75) is 39.3 Å². The van der Waals surface area contributed by atoms with Gasteiger partial charge in [0.1, 0.15) is 0 Å². The van der Waals surface area contributed by atoms with Gasteiger partial charge < -0.3 is 4.53 Å². The van der Waals surface area contributed by atoms with Gasteiger partial charge in [0.2, 0.25) is 0 Å². The Bertz CT molecular complexity index is 522. The highest BCUT2D eigenvalue weighted by atomic mass is 28.3.